The van der Waals surface area contributed by atoms with Crippen molar-refractivity contribution in [2.45, 2.75) is 39.3 Å². The van der Waals surface area contributed by atoms with Gasteiger partial charge in [0.25, 0.3) is 0 Å². The number of carbonyl (C=O) groups excluding carboxylic acids is 1. The molecule has 1 amide bonds. The maximum atomic E-state index is 12.1. The number of aryl methyl sites for hydroxylation is 2. The number of carbonyl (C=O) groups is 1. The standard InChI is InChI=1S/C23H24N4O2/c1-17-9-11-18(12-10-17)16-27-21(26-20-6-3-13-24-23(20)27)7-2-8-22(28)25-15-19-5-4-14-29-19/h3-6,9-14H,2,7-8,15-16H2,1H3,(H,25,28). The van der Waals surface area contributed by atoms with Gasteiger partial charge in [-0.15, -0.1) is 0 Å². The van der Waals surface area contributed by atoms with Gasteiger partial charge in [-0.05, 0) is 43.2 Å². The second-order valence-electron chi connectivity index (χ2n) is 7.16. The van der Waals surface area contributed by atoms with Crippen LogP contribution in [0.3, 0.4) is 0 Å². The fourth-order valence-corrected chi connectivity index (χ4v) is 3.33. The Morgan fingerprint density at radius 2 is 2.00 bits per heavy atom. The zero-order valence-corrected chi connectivity index (χ0v) is 16.5. The Labute approximate surface area is 169 Å². The third-order valence-corrected chi connectivity index (χ3v) is 4.89. The van der Waals surface area contributed by atoms with Gasteiger partial charge in [0.15, 0.2) is 5.65 Å². The van der Waals surface area contributed by atoms with E-state index in [1.165, 1.54) is 11.1 Å². The van der Waals surface area contributed by atoms with E-state index in [0.717, 1.165) is 35.6 Å². The Morgan fingerprint density at radius 3 is 2.79 bits per heavy atom. The van der Waals surface area contributed by atoms with Gasteiger partial charge in [0.2, 0.25) is 5.91 Å². The number of hydrogen-bond acceptors (Lipinski definition) is 4. The molecule has 0 saturated heterocycles. The molecule has 29 heavy (non-hydrogen) atoms. The number of rotatable bonds is 8. The fourth-order valence-electron chi connectivity index (χ4n) is 3.33. The lowest BCUT2D eigenvalue weighted by atomic mass is 10.1. The van der Waals surface area contributed by atoms with Gasteiger partial charge in [-0.25, -0.2) is 9.97 Å². The van der Waals surface area contributed by atoms with Crippen LogP contribution in [0.4, 0.5) is 0 Å². The van der Waals surface area contributed by atoms with E-state index in [1.807, 2.05) is 24.3 Å². The number of imidazole rings is 1. The van der Waals surface area contributed by atoms with Gasteiger partial charge in [0.1, 0.15) is 17.1 Å². The Kier molecular flexibility index (Phi) is 5.70. The van der Waals surface area contributed by atoms with E-state index < -0.39 is 0 Å². The summed E-state index contributed by atoms with van der Waals surface area (Å²) in [5.74, 6) is 1.73. The second kappa shape index (κ2) is 8.73. The molecule has 0 spiro atoms. The van der Waals surface area contributed by atoms with E-state index in [9.17, 15) is 4.79 Å². The number of hydrogen-bond donors (Lipinski definition) is 1. The number of aromatic nitrogens is 3. The number of fused-ring (bicyclic) bond motifs is 1. The van der Waals surface area contributed by atoms with E-state index in [2.05, 4.69) is 46.1 Å². The number of nitrogens with one attached hydrogen (secondary N) is 1. The van der Waals surface area contributed by atoms with Gasteiger partial charge in [0, 0.05) is 19.0 Å². The van der Waals surface area contributed by atoms with Gasteiger partial charge >= 0.3 is 0 Å². The lowest BCUT2D eigenvalue weighted by Gasteiger charge is -2.09. The van der Waals surface area contributed by atoms with Crippen molar-refractivity contribution in [1.29, 1.82) is 0 Å². The summed E-state index contributed by atoms with van der Waals surface area (Å²) >= 11 is 0. The van der Waals surface area contributed by atoms with Crippen LogP contribution in [0.25, 0.3) is 11.2 Å². The van der Waals surface area contributed by atoms with Crippen molar-refractivity contribution in [1.82, 2.24) is 19.9 Å². The van der Waals surface area contributed by atoms with E-state index in [1.54, 1.807) is 12.5 Å². The molecule has 4 rings (SSSR count). The van der Waals surface area contributed by atoms with E-state index >= 15 is 0 Å². The maximum absolute atomic E-state index is 12.1. The normalized spacial score (nSPS) is 11.1. The molecule has 0 aliphatic carbocycles. The number of nitrogens with zero attached hydrogens (tertiary/aromatic N) is 3. The maximum Gasteiger partial charge on any atom is 0.220 e. The van der Waals surface area contributed by atoms with Crippen LogP contribution in [-0.4, -0.2) is 20.4 Å². The molecule has 148 valence electrons. The first-order chi connectivity index (χ1) is 14.2. The second-order valence-corrected chi connectivity index (χ2v) is 7.16. The summed E-state index contributed by atoms with van der Waals surface area (Å²) in [5, 5.41) is 2.89. The molecule has 0 aliphatic heterocycles. The smallest absolute Gasteiger partial charge is 0.220 e. The Morgan fingerprint density at radius 1 is 1.14 bits per heavy atom. The van der Waals surface area contributed by atoms with Crippen LogP contribution in [0.2, 0.25) is 0 Å². The lowest BCUT2D eigenvalue weighted by Crippen LogP contribution is -2.22. The van der Waals surface area contributed by atoms with Gasteiger partial charge in [-0.1, -0.05) is 29.8 Å². The van der Waals surface area contributed by atoms with Crippen molar-refractivity contribution >= 4 is 17.1 Å². The average Bonchev–Trinajstić information content (AvgIpc) is 3.37. The highest BCUT2D eigenvalue weighted by molar-refractivity contribution is 5.75. The molecule has 1 N–H and O–H groups in total. The molecular weight excluding hydrogens is 364 g/mol. The van der Waals surface area contributed by atoms with Crippen molar-refractivity contribution < 1.29 is 9.21 Å². The summed E-state index contributed by atoms with van der Waals surface area (Å²) in [5.41, 5.74) is 4.21. The third-order valence-electron chi connectivity index (χ3n) is 4.89. The topological polar surface area (TPSA) is 73.0 Å². The zero-order valence-electron chi connectivity index (χ0n) is 16.5. The van der Waals surface area contributed by atoms with Crippen LogP contribution in [0.1, 0.15) is 35.6 Å². The monoisotopic (exact) mass is 388 g/mol. The first-order valence-electron chi connectivity index (χ1n) is 9.84. The molecule has 0 aliphatic rings. The van der Waals surface area contributed by atoms with E-state index in [4.69, 9.17) is 9.40 Å². The summed E-state index contributed by atoms with van der Waals surface area (Å²) in [6, 6.07) is 16.0. The van der Waals surface area contributed by atoms with Crippen LogP contribution in [0, 0.1) is 6.92 Å². The summed E-state index contributed by atoms with van der Waals surface area (Å²) in [6.45, 7) is 3.22. The highest BCUT2D eigenvalue weighted by atomic mass is 16.3. The first kappa shape index (κ1) is 18.9. The molecule has 6 heteroatoms. The van der Waals surface area contributed by atoms with Crippen LogP contribution in [0.5, 0.6) is 0 Å². The van der Waals surface area contributed by atoms with Crippen molar-refractivity contribution in [3.63, 3.8) is 0 Å². The molecule has 0 bridgehead atoms. The molecule has 0 saturated carbocycles. The molecular formula is C23H24N4O2. The predicted octanol–water partition coefficient (Wildman–Crippen LogP) is 4.02. The number of furan rings is 1. The van der Waals surface area contributed by atoms with Crippen molar-refractivity contribution in [2.24, 2.45) is 0 Å². The zero-order chi connectivity index (χ0) is 20.1. The molecule has 0 atom stereocenters. The van der Waals surface area contributed by atoms with Crippen LogP contribution >= 0.6 is 0 Å². The van der Waals surface area contributed by atoms with Crippen molar-refractivity contribution in [3.05, 3.63) is 83.7 Å². The number of amides is 1. The minimum Gasteiger partial charge on any atom is -0.467 e. The van der Waals surface area contributed by atoms with Gasteiger partial charge in [-0.3, -0.25) is 4.79 Å². The van der Waals surface area contributed by atoms with Crippen LogP contribution in [-0.2, 0) is 24.3 Å². The molecule has 3 heterocycles. The quantitative estimate of drug-likeness (QED) is 0.495. The Balaban J connectivity index is 1.42. The highest BCUT2D eigenvalue weighted by Gasteiger charge is 2.13. The first-order valence-corrected chi connectivity index (χ1v) is 9.84. The largest absolute Gasteiger partial charge is 0.467 e. The summed E-state index contributed by atoms with van der Waals surface area (Å²) < 4.78 is 7.39. The van der Waals surface area contributed by atoms with Gasteiger partial charge in [-0.2, -0.15) is 0 Å². The predicted molar refractivity (Wildman–Crippen MR) is 111 cm³/mol. The Hall–Kier alpha value is -3.41. The summed E-state index contributed by atoms with van der Waals surface area (Å²) in [4.78, 5) is 21.4. The van der Waals surface area contributed by atoms with Crippen molar-refractivity contribution in [2.75, 3.05) is 0 Å². The molecule has 3 aromatic heterocycles. The minimum absolute atomic E-state index is 0.0146. The summed E-state index contributed by atoms with van der Waals surface area (Å²) in [6.07, 6.45) is 5.29. The molecule has 4 aromatic rings. The number of pyridine rings is 1. The Bertz CT molecular complexity index is 1080. The molecule has 0 radical (unpaired) electrons. The lowest BCUT2D eigenvalue weighted by molar-refractivity contribution is -0.121. The SMILES string of the molecule is Cc1ccc(Cn2c(CCCC(=O)NCc3ccco3)nc3cccnc32)cc1. The van der Waals surface area contributed by atoms with E-state index in [-0.39, 0.29) is 5.91 Å². The fraction of sp³-hybridized carbons (Fsp3) is 0.261. The third kappa shape index (κ3) is 4.71. The van der Waals surface area contributed by atoms with Crippen LogP contribution in [0.15, 0.2) is 65.4 Å². The molecule has 0 fully saturated rings. The van der Waals surface area contributed by atoms with Gasteiger partial charge < -0.3 is 14.3 Å². The van der Waals surface area contributed by atoms with Crippen LogP contribution < -0.4 is 5.32 Å². The van der Waals surface area contributed by atoms with E-state index in [0.29, 0.717) is 19.5 Å². The highest BCUT2D eigenvalue weighted by Crippen LogP contribution is 2.18. The minimum atomic E-state index is 0.0146. The summed E-state index contributed by atoms with van der Waals surface area (Å²) in [7, 11) is 0. The van der Waals surface area contributed by atoms with Crippen molar-refractivity contribution in [3.8, 4) is 0 Å². The van der Waals surface area contributed by atoms with Gasteiger partial charge in [0.05, 0.1) is 19.4 Å². The number of benzene rings is 1. The molecule has 6 nitrogen and oxygen atoms in total. The molecule has 1 aromatic carbocycles. The molecule has 0 unspecified atom stereocenters. The average molecular weight is 388 g/mol.